The van der Waals surface area contributed by atoms with Gasteiger partial charge in [-0.05, 0) is 43.9 Å². The van der Waals surface area contributed by atoms with Crippen LogP contribution in [0.5, 0.6) is 5.75 Å². The van der Waals surface area contributed by atoms with E-state index in [0.717, 1.165) is 25.1 Å². The van der Waals surface area contributed by atoms with Gasteiger partial charge in [0, 0.05) is 5.56 Å². The zero-order valence-electron chi connectivity index (χ0n) is 22.8. The number of ether oxygens (including phenoxy) is 2. The van der Waals surface area contributed by atoms with Gasteiger partial charge in [-0.1, -0.05) is 94.8 Å². The average Bonchev–Trinajstić information content (AvgIpc) is 2.86. The first-order chi connectivity index (χ1) is 16.9. The lowest BCUT2D eigenvalue weighted by atomic mass is 10.0. The molecule has 0 saturated heterocycles. The lowest BCUT2D eigenvalue weighted by Gasteiger charge is -2.34. The van der Waals surface area contributed by atoms with E-state index in [4.69, 9.17) is 9.47 Å². The number of carbonyl (C=O) groups excluding carboxylic acids is 1. The predicted octanol–water partition coefficient (Wildman–Crippen LogP) is 7.35. The highest BCUT2D eigenvalue weighted by Crippen LogP contribution is 2.19. The molecule has 0 aromatic heterocycles. The van der Waals surface area contributed by atoms with Gasteiger partial charge in [-0.25, -0.2) is 4.79 Å². The summed E-state index contributed by atoms with van der Waals surface area (Å²) in [5.74, 6) is 0.655. The molecule has 2 unspecified atom stereocenters. The molecule has 0 saturated carbocycles. The third-order valence-corrected chi connectivity index (χ3v) is 6.98. The Morgan fingerprint density at radius 3 is 2.09 bits per heavy atom. The molecule has 0 heterocycles. The van der Waals surface area contributed by atoms with Crippen molar-refractivity contribution in [2.75, 3.05) is 20.7 Å². The number of carbonyl (C=O) groups is 1. The molecular weight excluding hydrogens is 434 g/mol. The molecule has 0 N–H and O–H groups in total. The summed E-state index contributed by atoms with van der Waals surface area (Å²) >= 11 is 0. The molecule has 0 amide bonds. The molecule has 2 aromatic rings. The Morgan fingerprint density at radius 1 is 0.829 bits per heavy atom. The monoisotopic (exact) mass is 482 g/mol. The quantitative estimate of drug-likeness (QED) is 0.134. The van der Waals surface area contributed by atoms with Crippen LogP contribution in [-0.2, 0) is 22.5 Å². The molecule has 0 bridgehead atoms. The number of hydrogen-bond donors (Lipinski definition) is 0. The van der Waals surface area contributed by atoms with E-state index in [1.165, 1.54) is 56.1 Å². The van der Waals surface area contributed by atoms with Gasteiger partial charge in [0.15, 0.2) is 6.04 Å². The Kier molecular flexibility index (Phi) is 12.9. The second-order valence-electron chi connectivity index (χ2n) is 10.4. The fourth-order valence-corrected chi connectivity index (χ4v) is 4.22. The van der Waals surface area contributed by atoms with E-state index in [9.17, 15) is 4.79 Å². The van der Waals surface area contributed by atoms with Crippen LogP contribution in [0.1, 0.15) is 83.3 Å². The second kappa shape index (κ2) is 15.6. The zero-order valence-corrected chi connectivity index (χ0v) is 22.8. The number of quaternary nitrogens is 1. The van der Waals surface area contributed by atoms with Crippen molar-refractivity contribution in [1.29, 1.82) is 0 Å². The number of benzene rings is 2. The molecule has 2 aromatic carbocycles. The molecular formula is C31H48NO3+. The van der Waals surface area contributed by atoms with E-state index in [1.54, 1.807) is 0 Å². The Labute approximate surface area is 214 Å². The molecule has 0 fully saturated rings. The van der Waals surface area contributed by atoms with Crippen LogP contribution in [0.25, 0.3) is 0 Å². The third-order valence-electron chi connectivity index (χ3n) is 6.98. The molecule has 35 heavy (non-hydrogen) atoms. The van der Waals surface area contributed by atoms with Crippen molar-refractivity contribution in [3.63, 3.8) is 0 Å². The van der Waals surface area contributed by atoms with Crippen LogP contribution in [0.15, 0.2) is 54.6 Å². The van der Waals surface area contributed by atoms with E-state index in [0.29, 0.717) is 4.48 Å². The standard InChI is InChI=1S/C31H48NO3/c1-6-8-9-10-11-12-14-17-27-20-22-30(23-21-27)35-29(7-2)25-34-31(33)26(3)32(4,5)24-28-18-15-13-16-19-28/h13,15-16,18-23,26,29H,6-12,14,17,24-25H2,1-5H3/q+1. The second-order valence-corrected chi connectivity index (χ2v) is 10.4. The van der Waals surface area contributed by atoms with E-state index < -0.39 is 0 Å². The van der Waals surface area contributed by atoms with E-state index in [2.05, 4.69) is 52.2 Å². The normalized spacial score (nSPS) is 13.3. The maximum atomic E-state index is 12.8. The molecule has 2 rings (SSSR count). The van der Waals surface area contributed by atoms with Crippen molar-refractivity contribution in [3.8, 4) is 5.75 Å². The summed E-state index contributed by atoms with van der Waals surface area (Å²) in [6.45, 7) is 7.31. The van der Waals surface area contributed by atoms with Crippen LogP contribution < -0.4 is 4.74 Å². The van der Waals surface area contributed by atoms with Crippen LogP contribution >= 0.6 is 0 Å². The molecule has 0 aliphatic rings. The summed E-state index contributed by atoms with van der Waals surface area (Å²) in [7, 11) is 4.14. The minimum atomic E-state index is -0.265. The fraction of sp³-hybridized carbons (Fsp3) is 0.581. The number of likely N-dealkylation sites (N-methyl/N-ethyl adjacent to an activating group) is 1. The van der Waals surface area contributed by atoms with Gasteiger partial charge < -0.3 is 14.0 Å². The van der Waals surface area contributed by atoms with Crippen molar-refractivity contribution in [2.24, 2.45) is 0 Å². The van der Waals surface area contributed by atoms with Gasteiger partial charge in [0.25, 0.3) is 0 Å². The van der Waals surface area contributed by atoms with Crippen molar-refractivity contribution in [3.05, 3.63) is 65.7 Å². The molecule has 2 atom stereocenters. The Hall–Kier alpha value is -2.33. The van der Waals surface area contributed by atoms with Gasteiger partial charge in [-0.15, -0.1) is 0 Å². The predicted molar refractivity (Wildman–Crippen MR) is 146 cm³/mol. The van der Waals surface area contributed by atoms with Crippen molar-refractivity contribution in [1.82, 2.24) is 0 Å². The number of hydrogen-bond acceptors (Lipinski definition) is 3. The Morgan fingerprint density at radius 2 is 1.46 bits per heavy atom. The summed E-state index contributed by atoms with van der Waals surface area (Å²) in [5.41, 5.74) is 2.57. The van der Waals surface area contributed by atoms with Crippen LogP contribution in [-0.4, -0.2) is 43.3 Å². The summed E-state index contributed by atoms with van der Waals surface area (Å²) in [4.78, 5) is 12.8. The van der Waals surface area contributed by atoms with E-state index in [-0.39, 0.29) is 24.7 Å². The van der Waals surface area contributed by atoms with Crippen LogP contribution in [0.4, 0.5) is 0 Å². The molecule has 194 valence electrons. The topological polar surface area (TPSA) is 35.5 Å². The maximum Gasteiger partial charge on any atom is 0.364 e. The molecule has 4 nitrogen and oxygen atoms in total. The summed E-state index contributed by atoms with van der Waals surface area (Å²) in [5, 5.41) is 0. The lowest BCUT2D eigenvalue weighted by Crippen LogP contribution is -2.51. The Bertz CT molecular complexity index is 832. The zero-order chi connectivity index (χ0) is 25.5. The highest BCUT2D eigenvalue weighted by molar-refractivity contribution is 5.74. The van der Waals surface area contributed by atoms with Gasteiger partial charge >= 0.3 is 5.97 Å². The SMILES string of the molecule is CCCCCCCCCc1ccc(OC(CC)COC(=O)C(C)[N+](C)(C)Cc2ccccc2)cc1. The van der Waals surface area contributed by atoms with Gasteiger partial charge in [-0.3, -0.25) is 0 Å². The first-order valence-electron chi connectivity index (χ1n) is 13.6. The number of esters is 1. The highest BCUT2D eigenvalue weighted by Gasteiger charge is 2.32. The molecule has 0 spiro atoms. The molecule has 0 radical (unpaired) electrons. The number of rotatable bonds is 17. The highest BCUT2D eigenvalue weighted by atomic mass is 16.6. The van der Waals surface area contributed by atoms with Crippen molar-refractivity contribution < 1.29 is 18.8 Å². The smallest absolute Gasteiger partial charge is 0.364 e. The maximum absolute atomic E-state index is 12.8. The first-order valence-corrected chi connectivity index (χ1v) is 13.6. The van der Waals surface area contributed by atoms with E-state index in [1.807, 2.05) is 37.3 Å². The van der Waals surface area contributed by atoms with Crippen LogP contribution in [0.2, 0.25) is 0 Å². The molecule has 0 aliphatic carbocycles. The van der Waals surface area contributed by atoms with Crippen LogP contribution in [0.3, 0.4) is 0 Å². The molecule has 4 heteroatoms. The number of nitrogens with zero attached hydrogens (tertiary/aromatic N) is 1. The van der Waals surface area contributed by atoms with Crippen molar-refractivity contribution >= 4 is 5.97 Å². The Balaban J connectivity index is 1.75. The average molecular weight is 483 g/mol. The third kappa shape index (κ3) is 10.9. The summed E-state index contributed by atoms with van der Waals surface area (Å²) in [6, 6.07) is 18.4. The van der Waals surface area contributed by atoms with Gasteiger partial charge in [-0.2, -0.15) is 0 Å². The first kappa shape index (κ1) is 28.9. The van der Waals surface area contributed by atoms with E-state index >= 15 is 0 Å². The fourth-order valence-electron chi connectivity index (χ4n) is 4.22. The lowest BCUT2D eigenvalue weighted by molar-refractivity contribution is -0.917. The number of unbranched alkanes of at least 4 members (excludes halogenated alkanes) is 6. The van der Waals surface area contributed by atoms with Crippen LogP contribution in [0, 0.1) is 0 Å². The number of aryl methyl sites for hydroxylation is 1. The minimum absolute atomic E-state index is 0.148. The molecule has 0 aliphatic heterocycles. The van der Waals surface area contributed by atoms with Gasteiger partial charge in [0.1, 0.15) is 25.0 Å². The summed E-state index contributed by atoms with van der Waals surface area (Å²) in [6.07, 6.45) is 11.1. The summed E-state index contributed by atoms with van der Waals surface area (Å²) < 4.78 is 12.4. The minimum Gasteiger partial charge on any atom is -0.487 e. The van der Waals surface area contributed by atoms with Gasteiger partial charge in [0.05, 0.1) is 14.1 Å². The van der Waals surface area contributed by atoms with Crippen molar-refractivity contribution in [2.45, 2.75) is 97.2 Å². The largest absolute Gasteiger partial charge is 0.487 e. The van der Waals surface area contributed by atoms with Gasteiger partial charge in [0.2, 0.25) is 0 Å².